The molecule has 0 radical (unpaired) electrons. The van der Waals surface area contributed by atoms with Crippen LogP contribution in [0.25, 0.3) is 0 Å². The van der Waals surface area contributed by atoms with Crippen LogP contribution in [0.3, 0.4) is 0 Å². The van der Waals surface area contributed by atoms with Gasteiger partial charge in [0.15, 0.2) is 5.60 Å². The van der Waals surface area contributed by atoms with Gasteiger partial charge < -0.3 is 15.2 Å². The van der Waals surface area contributed by atoms with Gasteiger partial charge in [-0.2, -0.15) is 0 Å². The monoisotopic (exact) mass is 249 g/mol. The first-order chi connectivity index (χ1) is 8.54. The van der Waals surface area contributed by atoms with Crippen molar-refractivity contribution in [2.75, 3.05) is 13.7 Å². The molecule has 0 fully saturated rings. The summed E-state index contributed by atoms with van der Waals surface area (Å²) in [5, 5.41) is 13.2. The molecule has 0 heterocycles. The number of fused-ring (bicyclic) bond motifs is 1. The minimum absolute atomic E-state index is 0.193. The predicted octanol–water partition coefficient (Wildman–Crippen LogP) is 1.19. The third-order valence-corrected chi connectivity index (χ3v) is 3.45. The van der Waals surface area contributed by atoms with Crippen LogP contribution in [0.4, 0.5) is 0 Å². The van der Waals surface area contributed by atoms with Crippen LogP contribution in [0, 0.1) is 0 Å². The van der Waals surface area contributed by atoms with Crippen molar-refractivity contribution in [1.82, 2.24) is 5.32 Å². The highest BCUT2D eigenvalue weighted by Crippen LogP contribution is 2.30. The van der Waals surface area contributed by atoms with Crippen molar-refractivity contribution in [3.05, 3.63) is 35.4 Å². The van der Waals surface area contributed by atoms with Gasteiger partial charge in [-0.3, -0.25) is 0 Å². The molecule has 0 spiro atoms. The number of esters is 1. The number of benzene rings is 1. The second-order valence-electron chi connectivity index (χ2n) is 4.94. The van der Waals surface area contributed by atoms with E-state index in [2.05, 4.69) is 22.2 Å². The van der Waals surface area contributed by atoms with E-state index in [-0.39, 0.29) is 12.6 Å². The number of carbonyl (C=O) groups is 1. The van der Waals surface area contributed by atoms with Crippen LogP contribution >= 0.6 is 0 Å². The van der Waals surface area contributed by atoms with Gasteiger partial charge in [0.2, 0.25) is 0 Å². The van der Waals surface area contributed by atoms with Crippen molar-refractivity contribution in [2.24, 2.45) is 0 Å². The smallest absolute Gasteiger partial charge is 0.338 e. The van der Waals surface area contributed by atoms with Crippen molar-refractivity contribution in [2.45, 2.75) is 31.4 Å². The summed E-state index contributed by atoms with van der Waals surface area (Å²) in [5.41, 5.74) is 1.12. The Morgan fingerprint density at radius 3 is 3.00 bits per heavy atom. The van der Waals surface area contributed by atoms with E-state index in [0.29, 0.717) is 0 Å². The van der Waals surface area contributed by atoms with E-state index in [4.69, 9.17) is 0 Å². The molecule has 2 atom stereocenters. The van der Waals surface area contributed by atoms with Crippen molar-refractivity contribution in [3.63, 3.8) is 0 Å². The quantitative estimate of drug-likeness (QED) is 0.787. The Bertz CT molecular complexity index is 442. The summed E-state index contributed by atoms with van der Waals surface area (Å²) in [6.45, 7) is 1.66. The molecule has 2 unspecified atom stereocenters. The van der Waals surface area contributed by atoms with Crippen LogP contribution in [-0.4, -0.2) is 30.3 Å². The average Bonchev–Trinajstić information content (AvgIpc) is 2.78. The molecule has 1 aliphatic carbocycles. The number of hydrogen-bond acceptors (Lipinski definition) is 4. The molecular weight excluding hydrogens is 230 g/mol. The van der Waals surface area contributed by atoms with Crippen LogP contribution in [0.2, 0.25) is 0 Å². The Kier molecular flexibility index (Phi) is 3.68. The SMILES string of the molecule is COC(=O)C(C)(O)CNC1CCc2ccccc21. The lowest BCUT2D eigenvalue weighted by Crippen LogP contribution is -2.46. The van der Waals surface area contributed by atoms with E-state index < -0.39 is 11.6 Å². The molecule has 1 aliphatic rings. The zero-order valence-electron chi connectivity index (χ0n) is 10.8. The van der Waals surface area contributed by atoms with Gasteiger partial charge in [-0.15, -0.1) is 0 Å². The van der Waals surface area contributed by atoms with Gasteiger partial charge >= 0.3 is 5.97 Å². The Morgan fingerprint density at radius 2 is 2.28 bits per heavy atom. The van der Waals surface area contributed by atoms with Crippen molar-refractivity contribution in [1.29, 1.82) is 0 Å². The van der Waals surface area contributed by atoms with E-state index in [1.807, 2.05) is 12.1 Å². The second-order valence-corrected chi connectivity index (χ2v) is 4.94. The van der Waals surface area contributed by atoms with E-state index in [1.54, 1.807) is 0 Å². The number of methoxy groups -OCH3 is 1. The van der Waals surface area contributed by atoms with E-state index in [1.165, 1.54) is 25.2 Å². The Balaban J connectivity index is 1.99. The predicted molar refractivity (Wildman–Crippen MR) is 68.1 cm³/mol. The van der Waals surface area contributed by atoms with Gasteiger partial charge in [-0.1, -0.05) is 24.3 Å². The maximum atomic E-state index is 11.4. The highest BCUT2D eigenvalue weighted by atomic mass is 16.5. The maximum absolute atomic E-state index is 11.4. The van der Waals surface area contributed by atoms with Crippen LogP contribution in [0.1, 0.15) is 30.5 Å². The van der Waals surface area contributed by atoms with Gasteiger partial charge in [0.25, 0.3) is 0 Å². The Labute approximate surface area is 107 Å². The first kappa shape index (κ1) is 13.1. The summed E-state index contributed by atoms with van der Waals surface area (Å²) >= 11 is 0. The zero-order valence-corrected chi connectivity index (χ0v) is 10.8. The molecule has 4 heteroatoms. The van der Waals surface area contributed by atoms with Crippen molar-refractivity contribution >= 4 is 5.97 Å². The lowest BCUT2D eigenvalue weighted by Gasteiger charge is -2.23. The lowest BCUT2D eigenvalue weighted by atomic mass is 10.0. The highest BCUT2D eigenvalue weighted by Gasteiger charge is 2.33. The lowest BCUT2D eigenvalue weighted by molar-refractivity contribution is -0.160. The molecule has 0 amide bonds. The fourth-order valence-corrected chi connectivity index (χ4v) is 2.38. The second kappa shape index (κ2) is 5.08. The van der Waals surface area contributed by atoms with Gasteiger partial charge in [0, 0.05) is 12.6 Å². The van der Waals surface area contributed by atoms with Gasteiger partial charge in [-0.25, -0.2) is 4.79 Å². The fraction of sp³-hybridized carbons (Fsp3) is 0.500. The normalized spacial score (nSPS) is 21.2. The summed E-state index contributed by atoms with van der Waals surface area (Å²) in [6.07, 6.45) is 2.03. The highest BCUT2D eigenvalue weighted by molar-refractivity contribution is 5.78. The number of aryl methyl sites for hydroxylation is 1. The van der Waals surface area contributed by atoms with Crippen LogP contribution in [0.5, 0.6) is 0 Å². The number of nitrogens with one attached hydrogen (secondary N) is 1. The van der Waals surface area contributed by atoms with Gasteiger partial charge in [0.05, 0.1) is 7.11 Å². The summed E-state index contributed by atoms with van der Waals surface area (Å²) in [6, 6.07) is 8.46. The third-order valence-electron chi connectivity index (χ3n) is 3.45. The fourth-order valence-electron chi connectivity index (χ4n) is 2.38. The molecule has 1 aromatic carbocycles. The molecule has 0 aliphatic heterocycles. The largest absolute Gasteiger partial charge is 0.467 e. The topological polar surface area (TPSA) is 58.6 Å². The summed E-state index contributed by atoms with van der Waals surface area (Å²) in [4.78, 5) is 11.4. The van der Waals surface area contributed by atoms with Crippen molar-refractivity contribution in [3.8, 4) is 0 Å². The summed E-state index contributed by atoms with van der Waals surface area (Å²) in [5.74, 6) is -0.610. The molecule has 0 saturated carbocycles. The van der Waals surface area contributed by atoms with Crippen LogP contribution in [0.15, 0.2) is 24.3 Å². The first-order valence-electron chi connectivity index (χ1n) is 6.16. The van der Waals surface area contributed by atoms with Gasteiger partial charge in [0.1, 0.15) is 0 Å². The third kappa shape index (κ3) is 2.54. The van der Waals surface area contributed by atoms with E-state index in [0.717, 1.165) is 12.8 Å². The first-order valence-corrected chi connectivity index (χ1v) is 6.16. The number of ether oxygens (including phenoxy) is 1. The minimum atomic E-state index is -1.48. The molecular formula is C14H19NO3. The Morgan fingerprint density at radius 1 is 1.56 bits per heavy atom. The molecule has 18 heavy (non-hydrogen) atoms. The van der Waals surface area contributed by atoms with Crippen LogP contribution in [-0.2, 0) is 16.0 Å². The molecule has 2 rings (SSSR count). The number of hydrogen-bond donors (Lipinski definition) is 2. The van der Waals surface area contributed by atoms with Crippen LogP contribution < -0.4 is 5.32 Å². The molecule has 4 nitrogen and oxygen atoms in total. The molecule has 0 aromatic heterocycles. The minimum Gasteiger partial charge on any atom is -0.467 e. The van der Waals surface area contributed by atoms with Gasteiger partial charge in [-0.05, 0) is 30.9 Å². The number of carbonyl (C=O) groups excluding carboxylic acids is 1. The molecule has 0 bridgehead atoms. The molecule has 2 N–H and O–H groups in total. The maximum Gasteiger partial charge on any atom is 0.338 e. The molecule has 0 saturated heterocycles. The molecule has 98 valence electrons. The summed E-state index contributed by atoms with van der Waals surface area (Å²) in [7, 11) is 1.28. The van der Waals surface area contributed by atoms with Crippen molar-refractivity contribution < 1.29 is 14.6 Å². The number of aliphatic hydroxyl groups is 1. The van der Waals surface area contributed by atoms with E-state index >= 15 is 0 Å². The average molecular weight is 249 g/mol. The van der Waals surface area contributed by atoms with E-state index in [9.17, 15) is 9.90 Å². The summed E-state index contributed by atoms with van der Waals surface area (Å²) < 4.78 is 4.57. The zero-order chi connectivity index (χ0) is 13.2. The molecule has 1 aromatic rings. The standard InChI is InChI=1S/C14H19NO3/c1-14(17,13(16)18-2)9-15-12-8-7-10-5-3-4-6-11(10)12/h3-6,12,15,17H,7-9H2,1-2H3. The Hall–Kier alpha value is -1.39. The number of rotatable bonds is 4.